The van der Waals surface area contributed by atoms with Crippen LogP contribution in [0, 0.1) is 0 Å². The van der Waals surface area contributed by atoms with Gasteiger partial charge in [0.05, 0.1) is 11.8 Å². The summed E-state index contributed by atoms with van der Waals surface area (Å²) in [5, 5.41) is 4.04. The monoisotopic (exact) mass is 436 g/mol. The molecule has 2 aromatic heterocycles. The van der Waals surface area contributed by atoms with Crippen LogP contribution in [0.4, 0.5) is 4.39 Å². The quantitative estimate of drug-likeness (QED) is 0.636. The summed E-state index contributed by atoms with van der Waals surface area (Å²) in [5.41, 5.74) is 7.98. The van der Waals surface area contributed by atoms with Crippen molar-refractivity contribution < 1.29 is 13.9 Å². The van der Waals surface area contributed by atoms with E-state index in [1.807, 2.05) is 35.0 Å². The van der Waals surface area contributed by atoms with Crippen LogP contribution >= 0.6 is 11.3 Å². The van der Waals surface area contributed by atoms with Crippen molar-refractivity contribution in [3.8, 4) is 16.9 Å². The normalized spacial score (nSPS) is 20.8. The number of alkyl halides is 1. The number of halogens is 1. The van der Waals surface area contributed by atoms with E-state index < -0.39 is 12.2 Å². The maximum absolute atomic E-state index is 13.6. The van der Waals surface area contributed by atoms with E-state index in [1.165, 1.54) is 11.1 Å². The number of carbonyl (C=O) groups excluding carboxylic acids is 1. The Balaban J connectivity index is 1.75. The summed E-state index contributed by atoms with van der Waals surface area (Å²) in [6, 6.07) is 11.0. The van der Waals surface area contributed by atoms with Gasteiger partial charge in [-0.25, -0.2) is 9.38 Å². The van der Waals surface area contributed by atoms with Gasteiger partial charge in [0, 0.05) is 13.2 Å². The Morgan fingerprint density at radius 1 is 1.23 bits per heavy atom. The molecule has 158 valence electrons. The van der Waals surface area contributed by atoms with Crippen LogP contribution in [0.1, 0.15) is 29.7 Å². The van der Waals surface area contributed by atoms with Crippen LogP contribution in [-0.2, 0) is 17.0 Å². The van der Waals surface area contributed by atoms with E-state index in [0.29, 0.717) is 16.9 Å². The number of likely N-dealkylation sites (N-methyl/N-ethyl adjacent to an activating group) is 1. The van der Waals surface area contributed by atoms with Crippen LogP contribution in [0.2, 0.25) is 0 Å². The molecule has 1 atom stereocenters. The van der Waals surface area contributed by atoms with Gasteiger partial charge in [-0.2, -0.15) is 11.3 Å². The Hall–Kier alpha value is -3.26. The fourth-order valence-electron chi connectivity index (χ4n) is 3.81. The van der Waals surface area contributed by atoms with Crippen molar-refractivity contribution in [2.24, 2.45) is 10.7 Å². The predicted octanol–water partition coefficient (Wildman–Crippen LogP) is 3.85. The Morgan fingerprint density at radius 3 is 2.71 bits per heavy atom. The number of thiophene rings is 1. The summed E-state index contributed by atoms with van der Waals surface area (Å²) >= 11 is 1.59. The highest BCUT2D eigenvalue weighted by atomic mass is 32.1. The molecule has 0 spiro atoms. The zero-order valence-corrected chi connectivity index (χ0v) is 17.7. The van der Waals surface area contributed by atoms with Crippen LogP contribution in [0.5, 0.6) is 5.75 Å². The van der Waals surface area contributed by atoms with Gasteiger partial charge in [0.25, 0.3) is 5.91 Å². The van der Waals surface area contributed by atoms with Gasteiger partial charge in [0.2, 0.25) is 0 Å². The van der Waals surface area contributed by atoms with Gasteiger partial charge in [-0.15, -0.1) is 0 Å². The van der Waals surface area contributed by atoms with Gasteiger partial charge in [0.15, 0.2) is 11.5 Å². The molecule has 1 aliphatic heterocycles. The Bertz CT molecular complexity index is 1180. The smallest absolute Gasteiger partial charge is 0.266 e. The van der Waals surface area contributed by atoms with Crippen molar-refractivity contribution in [1.29, 1.82) is 0 Å². The van der Waals surface area contributed by atoms with Crippen LogP contribution in [-0.4, -0.2) is 34.9 Å². The highest BCUT2D eigenvalue weighted by molar-refractivity contribution is 7.08. The summed E-state index contributed by atoms with van der Waals surface area (Å²) in [7, 11) is 1.59. The minimum atomic E-state index is -1.43. The van der Waals surface area contributed by atoms with Crippen LogP contribution in [0.15, 0.2) is 58.3 Å². The summed E-state index contributed by atoms with van der Waals surface area (Å²) in [4.78, 5) is 23.5. The number of carbonyl (C=O) groups is 1. The molecule has 1 aromatic carbocycles. The number of rotatable bonds is 6. The molecule has 31 heavy (non-hydrogen) atoms. The van der Waals surface area contributed by atoms with Gasteiger partial charge < -0.3 is 10.5 Å². The van der Waals surface area contributed by atoms with E-state index in [0.717, 1.165) is 24.0 Å². The van der Waals surface area contributed by atoms with Gasteiger partial charge in [-0.1, -0.05) is 0 Å². The second-order valence-corrected chi connectivity index (χ2v) is 8.57. The first-order valence-corrected chi connectivity index (χ1v) is 10.9. The summed E-state index contributed by atoms with van der Waals surface area (Å²) in [6.45, 7) is -0.738. The van der Waals surface area contributed by atoms with Gasteiger partial charge in [-0.3, -0.25) is 14.7 Å². The Kier molecular flexibility index (Phi) is 4.74. The highest BCUT2D eigenvalue weighted by Crippen LogP contribution is 2.43. The van der Waals surface area contributed by atoms with Crippen molar-refractivity contribution in [1.82, 2.24) is 9.88 Å². The average Bonchev–Trinajstić information content (AvgIpc) is 3.36. The second-order valence-electron chi connectivity index (χ2n) is 7.79. The largest absolute Gasteiger partial charge is 0.490 e. The molecular weight excluding hydrogens is 415 g/mol. The standard InChI is InChI=1S/C23H21FN4O2S/c1-28-21(29)23(27-22(28)25,16-4-6-26-18(10-16)12-24)17-8-15(14-5-7-31-13-14)9-20(11-17)30-19-2-3-19/h4-11,13,19H,2-3,12H2,1H3,(H2,25,27). The molecule has 6 nitrogen and oxygen atoms in total. The van der Waals surface area contributed by atoms with Gasteiger partial charge in [0.1, 0.15) is 12.4 Å². The summed E-state index contributed by atoms with van der Waals surface area (Å²) in [6.07, 6.45) is 3.71. The van der Waals surface area contributed by atoms with E-state index in [2.05, 4.69) is 9.98 Å². The van der Waals surface area contributed by atoms with Crippen molar-refractivity contribution in [3.05, 3.63) is 70.2 Å². The molecule has 3 heterocycles. The molecule has 1 fully saturated rings. The van der Waals surface area contributed by atoms with Crippen molar-refractivity contribution >= 4 is 23.2 Å². The van der Waals surface area contributed by atoms with E-state index in [-0.39, 0.29) is 23.7 Å². The van der Waals surface area contributed by atoms with E-state index in [9.17, 15) is 9.18 Å². The molecule has 5 rings (SSSR count). The molecule has 2 N–H and O–H groups in total. The number of nitrogens with two attached hydrogens (primary N) is 1. The number of ether oxygens (including phenoxy) is 1. The second kappa shape index (κ2) is 7.46. The molecule has 0 bridgehead atoms. The first kappa shape index (κ1) is 19.7. The lowest BCUT2D eigenvalue weighted by Gasteiger charge is -2.27. The number of aliphatic imine (C=N–C) groups is 1. The molecule has 8 heteroatoms. The molecule has 1 aliphatic carbocycles. The lowest BCUT2D eigenvalue weighted by Crippen LogP contribution is -2.41. The lowest BCUT2D eigenvalue weighted by atomic mass is 9.81. The third kappa shape index (κ3) is 3.37. The third-order valence-corrected chi connectivity index (χ3v) is 6.30. The van der Waals surface area contributed by atoms with Crippen molar-refractivity contribution in [2.45, 2.75) is 31.2 Å². The van der Waals surface area contributed by atoms with E-state index >= 15 is 0 Å². The van der Waals surface area contributed by atoms with Crippen molar-refractivity contribution in [2.75, 3.05) is 7.05 Å². The predicted molar refractivity (Wildman–Crippen MR) is 118 cm³/mol. The zero-order valence-electron chi connectivity index (χ0n) is 16.9. The topological polar surface area (TPSA) is 80.8 Å². The van der Waals surface area contributed by atoms with Crippen molar-refractivity contribution in [3.63, 3.8) is 0 Å². The molecule has 1 unspecified atom stereocenters. The number of hydrogen-bond acceptors (Lipinski definition) is 6. The first-order chi connectivity index (χ1) is 15.0. The lowest BCUT2D eigenvalue weighted by molar-refractivity contribution is -0.129. The molecule has 0 saturated heterocycles. The SMILES string of the molecule is CN1C(=O)C(c2cc(OC3CC3)cc(-c3ccsc3)c2)(c2ccnc(CF)c2)N=C1N. The minimum absolute atomic E-state index is 0.106. The number of pyridine rings is 1. The molecular formula is C23H21FN4O2S. The maximum Gasteiger partial charge on any atom is 0.266 e. The maximum atomic E-state index is 13.6. The average molecular weight is 437 g/mol. The summed E-state index contributed by atoms with van der Waals surface area (Å²) < 4.78 is 19.5. The number of hydrogen-bond donors (Lipinski definition) is 1. The Labute approximate surface area is 183 Å². The molecule has 1 amide bonds. The fourth-order valence-corrected chi connectivity index (χ4v) is 4.48. The minimum Gasteiger partial charge on any atom is -0.490 e. The molecule has 3 aromatic rings. The fraction of sp³-hybridized carbons (Fsp3) is 0.261. The van der Waals surface area contributed by atoms with E-state index in [4.69, 9.17) is 10.5 Å². The van der Waals surface area contributed by atoms with Crippen LogP contribution in [0.3, 0.4) is 0 Å². The van der Waals surface area contributed by atoms with Gasteiger partial charge in [-0.05, 0) is 82.3 Å². The number of guanidine groups is 1. The van der Waals surface area contributed by atoms with E-state index in [1.54, 1.807) is 30.5 Å². The van der Waals surface area contributed by atoms with Crippen LogP contribution < -0.4 is 10.5 Å². The number of nitrogens with zero attached hydrogens (tertiary/aromatic N) is 3. The molecule has 0 radical (unpaired) electrons. The Morgan fingerprint density at radius 2 is 2.06 bits per heavy atom. The van der Waals surface area contributed by atoms with Gasteiger partial charge >= 0.3 is 0 Å². The number of amides is 1. The number of aromatic nitrogens is 1. The first-order valence-electron chi connectivity index (χ1n) is 10.0. The highest BCUT2D eigenvalue weighted by Gasteiger charge is 2.50. The number of benzene rings is 1. The van der Waals surface area contributed by atoms with Crippen LogP contribution in [0.25, 0.3) is 11.1 Å². The third-order valence-electron chi connectivity index (χ3n) is 5.62. The zero-order chi connectivity index (χ0) is 21.6. The molecule has 1 saturated carbocycles. The summed E-state index contributed by atoms with van der Waals surface area (Å²) in [5.74, 6) is 0.478. The molecule has 2 aliphatic rings.